The van der Waals surface area contributed by atoms with Crippen molar-refractivity contribution in [2.24, 2.45) is 18.9 Å². The average molecular weight is 341 g/mol. The third-order valence-electron chi connectivity index (χ3n) is 6.05. The molecule has 1 aromatic heterocycles. The topological polar surface area (TPSA) is 50.5 Å². The molecule has 0 spiro atoms. The number of aromatic nitrogens is 2. The minimum absolute atomic E-state index is 0.249. The van der Waals surface area contributed by atoms with Gasteiger partial charge >= 0.3 is 0 Å². The Bertz CT molecular complexity index is 711. The fourth-order valence-corrected chi connectivity index (χ4v) is 4.78. The number of fused-ring (bicyclic) bond motifs is 2. The average Bonchev–Trinajstić information content (AvgIpc) is 3.03. The van der Waals surface area contributed by atoms with Gasteiger partial charge in [0.1, 0.15) is 17.2 Å². The van der Waals surface area contributed by atoms with E-state index in [-0.39, 0.29) is 11.8 Å². The molecule has 2 heterocycles. The van der Waals surface area contributed by atoms with Gasteiger partial charge < -0.3 is 14.4 Å². The van der Waals surface area contributed by atoms with Crippen molar-refractivity contribution in [3.63, 3.8) is 0 Å². The van der Waals surface area contributed by atoms with Crippen LogP contribution in [0.4, 0.5) is 0 Å². The Kier molecular flexibility index (Phi) is 4.29. The van der Waals surface area contributed by atoms with Gasteiger partial charge in [-0.15, -0.1) is 0 Å². The summed E-state index contributed by atoms with van der Waals surface area (Å²) < 4.78 is 7.23. The standard InChI is InChI=1S/C20H27N3O2/c1-22-11-10-21-19(22)20(24)16-4-3-5-17(20)14-23(13-16)12-15-6-8-18(25-2)9-7-15/h6-11,16-17,24H,3-5,12-14H2,1-2H3/t16-,17-/m0/s1. The summed E-state index contributed by atoms with van der Waals surface area (Å²) in [6, 6.07) is 8.30. The number of imidazole rings is 1. The maximum atomic E-state index is 11.6. The molecule has 1 aromatic carbocycles. The van der Waals surface area contributed by atoms with Gasteiger partial charge in [0, 0.05) is 50.9 Å². The Labute approximate surface area is 149 Å². The maximum Gasteiger partial charge on any atom is 0.141 e. The van der Waals surface area contributed by atoms with Crippen molar-refractivity contribution in [1.29, 1.82) is 0 Å². The summed E-state index contributed by atoms with van der Waals surface area (Å²) in [5.74, 6) is 2.23. The summed E-state index contributed by atoms with van der Waals surface area (Å²) >= 11 is 0. The van der Waals surface area contributed by atoms with E-state index < -0.39 is 5.60 Å². The third kappa shape index (κ3) is 2.85. The molecule has 1 saturated heterocycles. The summed E-state index contributed by atoms with van der Waals surface area (Å²) in [5.41, 5.74) is 0.508. The zero-order valence-corrected chi connectivity index (χ0v) is 15.1. The Morgan fingerprint density at radius 1 is 1.20 bits per heavy atom. The van der Waals surface area contributed by atoms with Crippen molar-refractivity contribution >= 4 is 0 Å². The van der Waals surface area contributed by atoms with Crippen LogP contribution in [0.1, 0.15) is 30.7 Å². The number of methoxy groups -OCH3 is 1. The molecule has 2 bridgehead atoms. The fraction of sp³-hybridized carbons (Fsp3) is 0.550. The molecule has 0 radical (unpaired) electrons. The number of benzene rings is 1. The summed E-state index contributed by atoms with van der Waals surface area (Å²) in [4.78, 5) is 7.00. The predicted molar refractivity (Wildman–Crippen MR) is 96.2 cm³/mol. The minimum Gasteiger partial charge on any atom is -0.497 e. The highest BCUT2D eigenvalue weighted by atomic mass is 16.5. The lowest BCUT2D eigenvalue weighted by molar-refractivity contribution is -0.155. The molecule has 2 fully saturated rings. The first-order chi connectivity index (χ1) is 12.1. The van der Waals surface area contributed by atoms with E-state index in [4.69, 9.17) is 4.74 Å². The molecule has 5 heteroatoms. The van der Waals surface area contributed by atoms with E-state index in [1.807, 2.05) is 29.9 Å². The Morgan fingerprint density at radius 2 is 1.88 bits per heavy atom. The third-order valence-corrected chi connectivity index (χ3v) is 6.05. The van der Waals surface area contributed by atoms with Crippen molar-refractivity contribution in [1.82, 2.24) is 14.5 Å². The lowest BCUT2D eigenvalue weighted by atomic mass is 9.65. The monoisotopic (exact) mass is 341 g/mol. The van der Waals surface area contributed by atoms with Crippen LogP contribution in [0.5, 0.6) is 5.75 Å². The van der Waals surface area contributed by atoms with Crippen molar-refractivity contribution in [2.45, 2.75) is 31.4 Å². The lowest BCUT2D eigenvalue weighted by Crippen LogP contribution is -2.58. The van der Waals surface area contributed by atoms with E-state index in [1.165, 1.54) is 12.0 Å². The number of aryl methyl sites for hydroxylation is 1. The molecule has 2 aliphatic rings. The second-order valence-electron chi connectivity index (χ2n) is 7.55. The number of ether oxygens (including phenoxy) is 1. The van der Waals surface area contributed by atoms with Gasteiger partial charge in [-0.05, 0) is 30.5 Å². The van der Waals surface area contributed by atoms with E-state index in [2.05, 4.69) is 22.0 Å². The Balaban J connectivity index is 1.54. The normalized spacial score (nSPS) is 29.6. The van der Waals surface area contributed by atoms with E-state index in [0.717, 1.165) is 44.0 Å². The van der Waals surface area contributed by atoms with Crippen LogP contribution in [-0.4, -0.2) is 39.8 Å². The highest BCUT2D eigenvalue weighted by Crippen LogP contribution is 2.48. The van der Waals surface area contributed by atoms with Crippen molar-refractivity contribution in [3.05, 3.63) is 48.0 Å². The summed E-state index contributed by atoms with van der Waals surface area (Å²) in [6.45, 7) is 2.77. The van der Waals surface area contributed by atoms with E-state index >= 15 is 0 Å². The quantitative estimate of drug-likeness (QED) is 0.928. The molecule has 2 aromatic rings. The predicted octanol–water partition coefficient (Wildman–Crippen LogP) is 2.55. The van der Waals surface area contributed by atoms with Gasteiger partial charge in [0.05, 0.1) is 7.11 Å². The van der Waals surface area contributed by atoms with Crippen LogP contribution in [0.3, 0.4) is 0 Å². The second kappa shape index (κ2) is 6.46. The number of likely N-dealkylation sites (tertiary alicyclic amines) is 1. The molecule has 1 saturated carbocycles. The van der Waals surface area contributed by atoms with E-state index in [0.29, 0.717) is 0 Å². The Morgan fingerprint density at radius 3 is 2.44 bits per heavy atom. The molecular weight excluding hydrogens is 314 g/mol. The van der Waals surface area contributed by atoms with Gasteiger partial charge in [0.15, 0.2) is 0 Å². The number of hydrogen-bond acceptors (Lipinski definition) is 4. The minimum atomic E-state index is -0.785. The van der Waals surface area contributed by atoms with Crippen molar-refractivity contribution in [2.75, 3.05) is 20.2 Å². The van der Waals surface area contributed by atoms with Crippen LogP contribution in [0, 0.1) is 11.8 Å². The van der Waals surface area contributed by atoms with Gasteiger partial charge in [0.25, 0.3) is 0 Å². The fourth-order valence-electron chi connectivity index (χ4n) is 4.78. The lowest BCUT2D eigenvalue weighted by Gasteiger charge is -2.52. The van der Waals surface area contributed by atoms with Gasteiger partial charge in [-0.1, -0.05) is 18.6 Å². The SMILES string of the molecule is COc1ccc(CN2C[C@@H]3CCC[C@@H](C2)C3(O)c2nccn2C)cc1. The molecule has 1 aliphatic heterocycles. The highest BCUT2D eigenvalue weighted by molar-refractivity contribution is 5.27. The molecule has 1 N–H and O–H groups in total. The van der Waals surface area contributed by atoms with Gasteiger partial charge in [-0.2, -0.15) is 0 Å². The van der Waals surface area contributed by atoms with Gasteiger partial charge in [0.2, 0.25) is 0 Å². The summed E-state index contributed by atoms with van der Waals surface area (Å²) in [7, 11) is 3.68. The molecule has 2 atom stereocenters. The van der Waals surface area contributed by atoms with E-state index in [9.17, 15) is 5.11 Å². The number of aliphatic hydroxyl groups is 1. The summed E-state index contributed by atoms with van der Waals surface area (Å²) in [6.07, 6.45) is 7.08. The first-order valence-electron chi connectivity index (χ1n) is 9.16. The van der Waals surface area contributed by atoms with Crippen LogP contribution < -0.4 is 4.74 Å². The summed E-state index contributed by atoms with van der Waals surface area (Å²) in [5, 5.41) is 11.6. The number of rotatable bonds is 4. The van der Waals surface area contributed by atoms with Gasteiger partial charge in [-0.3, -0.25) is 4.90 Å². The molecule has 1 aliphatic carbocycles. The number of hydrogen-bond donors (Lipinski definition) is 1. The zero-order valence-electron chi connectivity index (χ0n) is 15.1. The van der Waals surface area contributed by atoms with Crippen molar-refractivity contribution in [3.8, 4) is 5.75 Å². The molecule has 134 valence electrons. The highest BCUT2D eigenvalue weighted by Gasteiger charge is 2.53. The van der Waals surface area contributed by atoms with Crippen LogP contribution in [0.2, 0.25) is 0 Å². The zero-order chi connectivity index (χ0) is 17.4. The van der Waals surface area contributed by atoms with Crippen molar-refractivity contribution < 1.29 is 9.84 Å². The molecule has 4 rings (SSSR count). The van der Waals surface area contributed by atoms with Crippen LogP contribution >= 0.6 is 0 Å². The first kappa shape index (κ1) is 16.6. The maximum absolute atomic E-state index is 11.6. The first-order valence-corrected chi connectivity index (χ1v) is 9.16. The number of nitrogens with zero attached hydrogens (tertiary/aromatic N) is 3. The molecule has 25 heavy (non-hydrogen) atoms. The number of piperidine rings is 1. The van der Waals surface area contributed by atoms with E-state index in [1.54, 1.807) is 13.3 Å². The smallest absolute Gasteiger partial charge is 0.141 e. The van der Waals surface area contributed by atoms with Crippen LogP contribution in [0.15, 0.2) is 36.7 Å². The van der Waals surface area contributed by atoms with Crippen LogP contribution in [-0.2, 0) is 19.2 Å². The second-order valence-corrected chi connectivity index (χ2v) is 7.55. The molecule has 0 unspecified atom stereocenters. The van der Waals surface area contributed by atoms with Crippen LogP contribution in [0.25, 0.3) is 0 Å². The molecular formula is C20H27N3O2. The van der Waals surface area contributed by atoms with Gasteiger partial charge in [-0.25, -0.2) is 4.98 Å². The Hall–Kier alpha value is -1.85. The molecule has 5 nitrogen and oxygen atoms in total. The largest absolute Gasteiger partial charge is 0.497 e. The molecule has 0 amide bonds.